The molecule has 0 radical (unpaired) electrons. The van der Waals surface area contributed by atoms with Gasteiger partial charge in [-0.2, -0.15) is 0 Å². The maximum absolute atomic E-state index is 12.7. The molecule has 0 spiro atoms. The lowest BCUT2D eigenvalue weighted by Crippen LogP contribution is -2.70. The highest BCUT2D eigenvalue weighted by Gasteiger charge is 2.53. The zero-order valence-corrected chi connectivity index (χ0v) is 18.1. The summed E-state index contributed by atoms with van der Waals surface area (Å²) < 4.78 is 5.00. The van der Waals surface area contributed by atoms with Crippen LogP contribution in [0.2, 0.25) is 0 Å². The number of amides is 2. The third kappa shape index (κ3) is 4.49. The number of carboxylic acids is 1. The summed E-state index contributed by atoms with van der Waals surface area (Å²) in [5, 5.41) is 16.5. The van der Waals surface area contributed by atoms with E-state index in [2.05, 4.69) is 15.5 Å². The monoisotopic (exact) mass is 469 g/mol. The molecular formula is C17H19N5O7S2. The number of rotatable bonds is 8. The number of nitrogens with two attached hydrogens (primary N) is 1. The molecule has 0 aromatic carbocycles. The predicted octanol–water partition coefficient (Wildman–Crippen LogP) is -0.234. The van der Waals surface area contributed by atoms with Crippen molar-refractivity contribution >= 4 is 57.7 Å². The number of carbonyl (C=O) groups excluding carboxylic acids is 3. The van der Waals surface area contributed by atoms with Gasteiger partial charge in [-0.05, 0) is 12.5 Å². The zero-order valence-electron chi connectivity index (χ0n) is 16.4. The number of thiazole rings is 1. The molecule has 31 heavy (non-hydrogen) atoms. The van der Waals surface area contributed by atoms with Gasteiger partial charge in [0.1, 0.15) is 29.9 Å². The number of oxime groups is 1. The van der Waals surface area contributed by atoms with Gasteiger partial charge in [0.05, 0.1) is 0 Å². The Morgan fingerprint density at radius 3 is 2.81 bits per heavy atom. The minimum absolute atomic E-state index is 0.0444. The fourth-order valence-corrected chi connectivity index (χ4v) is 4.67. The van der Waals surface area contributed by atoms with Gasteiger partial charge in [-0.1, -0.05) is 12.1 Å². The van der Waals surface area contributed by atoms with Crippen molar-refractivity contribution in [3.63, 3.8) is 0 Å². The third-order valence-electron chi connectivity index (χ3n) is 4.40. The highest BCUT2D eigenvalue weighted by molar-refractivity contribution is 8.00. The summed E-state index contributed by atoms with van der Waals surface area (Å²) in [6.45, 7) is 1.56. The quantitative estimate of drug-likeness (QED) is 0.200. The molecule has 2 unspecified atom stereocenters. The third-order valence-corrected chi connectivity index (χ3v) is 6.26. The topological polar surface area (TPSA) is 174 Å². The van der Waals surface area contributed by atoms with Crippen LogP contribution in [0.3, 0.4) is 0 Å². The molecule has 3 atom stereocenters. The van der Waals surface area contributed by atoms with Crippen molar-refractivity contribution in [1.82, 2.24) is 15.2 Å². The van der Waals surface area contributed by atoms with Crippen molar-refractivity contribution in [3.8, 4) is 0 Å². The van der Waals surface area contributed by atoms with E-state index in [1.807, 2.05) is 0 Å². The smallest absolute Gasteiger partial charge is 0.355 e. The molecule has 3 heterocycles. The number of ether oxygens (including phenoxy) is 1. The van der Waals surface area contributed by atoms with E-state index < -0.39 is 41.3 Å². The summed E-state index contributed by atoms with van der Waals surface area (Å²) in [5.74, 6) is -3.03. The largest absolute Gasteiger partial charge is 0.479 e. The van der Waals surface area contributed by atoms with Gasteiger partial charge in [-0.25, -0.2) is 14.6 Å². The Bertz CT molecular complexity index is 976. The number of nitrogens with zero attached hydrogens (tertiary/aromatic N) is 3. The summed E-state index contributed by atoms with van der Waals surface area (Å²) in [6.07, 6.45) is 0.262. The Morgan fingerprint density at radius 2 is 2.23 bits per heavy atom. The number of anilines is 1. The molecule has 1 aromatic heterocycles. The summed E-state index contributed by atoms with van der Waals surface area (Å²) in [6, 6.07) is -0.923. The van der Waals surface area contributed by atoms with Gasteiger partial charge in [-0.15, -0.1) is 23.1 Å². The van der Waals surface area contributed by atoms with E-state index in [4.69, 9.17) is 20.4 Å². The molecular weight excluding hydrogens is 450 g/mol. The predicted molar refractivity (Wildman–Crippen MR) is 111 cm³/mol. The normalized spacial score (nSPS) is 21.4. The second-order valence-electron chi connectivity index (χ2n) is 6.31. The average Bonchev–Trinajstić information content (AvgIpc) is 3.18. The molecule has 1 fully saturated rings. The van der Waals surface area contributed by atoms with Crippen molar-refractivity contribution in [2.45, 2.75) is 30.9 Å². The number of fused-ring (bicyclic) bond motifs is 1. The van der Waals surface area contributed by atoms with Gasteiger partial charge in [0.15, 0.2) is 16.9 Å². The Labute approximate surface area is 184 Å². The highest BCUT2D eigenvalue weighted by Crippen LogP contribution is 2.38. The van der Waals surface area contributed by atoms with Crippen LogP contribution in [0.4, 0.5) is 5.13 Å². The highest BCUT2D eigenvalue weighted by atomic mass is 32.2. The second-order valence-corrected chi connectivity index (χ2v) is 8.35. The molecule has 1 aromatic rings. The molecule has 3 rings (SSSR count). The van der Waals surface area contributed by atoms with Crippen LogP contribution in [0.1, 0.15) is 19.0 Å². The van der Waals surface area contributed by atoms with Gasteiger partial charge in [-0.3, -0.25) is 14.5 Å². The number of carbonyl (C=O) groups is 4. The molecule has 4 N–H and O–H groups in total. The van der Waals surface area contributed by atoms with Crippen LogP contribution in [-0.4, -0.2) is 74.8 Å². The molecule has 14 heteroatoms. The van der Waals surface area contributed by atoms with Gasteiger partial charge in [0, 0.05) is 11.1 Å². The molecule has 0 bridgehead atoms. The molecule has 2 aliphatic rings. The van der Waals surface area contributed by atoms with E-state index in [1.165, 1.54) is 35.2 Å². The Balaban J connectivity index is 1.70. The summed E-state index contributed by atoms with van der Waals surface area (Å²) in [5.41, 5.74) is 5.60. The van der Waals surface area contributed by atoms with E-state index in [9.17, 15) is 19.2 Å². The summed E-state index contributed by atoms with van der Waals surface area (Å²) in [7, 11) is 1.26. The van der Waals surface area contributed by atoms with Crippen LogP contribution in [0, 0.1) is 0 Å². The Hall–Kier alpha value is -3.13. The number of nitrogens with one attached hydrogen (secondary N) is 1. The number of aliphatic carboxylic acids is 1. The Kier molecular flexibility index (Phi) is 6.80. The molecule has 0 saturated carbocycles. The minimum Gasteiger partial charge on any atom is -0.479 e. The summed E-state index contributed by atoms with van der Waals surface area (Å²) >= 11 is 2.44. The fraction of sp³-hybridized carbons (Fsp3) is 0.412. The zero-order chi connectivity index (χ0) is 22.7. The fourth-order valence-electron chi connectivity index (χ4n) is 2.93. The van der Waals surface area contributed by atoms with Crippen molar-refractivity contribution < 1.29 is 33.9 Å². The Morgan fingerprint density at radius 1 is 1.48 bits per heavy atom. The van der Waals surface area contributed by atoms with E-state index in [1.54, 1.807) is 6.92 Å². The van der Waals surface area contributed by atoms with E-state index in [0.717, 1.165) is 11.3 Å². The number of β-lactam (4-membered cyclic amide) rings is 1. The summed E-state index contributed by atoms with van der Waals surface area (Å²) in [4.78, 5) is 58.8. The first-order valence-corrected chi connectivity index (χ1v) is 10.9. The van der Waals surface area contributed by atoms with Crippen LogP contribution in [0.5, 0.6) is 0 Å². The molecule has 0 aliphatic carbocycles. The molecule has 166 valence electrons. The first-order chi connectivity index (χ1) is 14.8. The van der Waals surface area contributed by atoms with Crippen molar-refractivity contribution in [2.75, 3.05) is 18.6 Å². The van der Waals surface area contributed by atoms with E-state index >= 15 is 0 Å². The van der Waals surface area contributed by atoms with Crippen LogP contribution in [0.15, 0.2) is 22.3 Å². The molecule has 2 amide bonds. The van der Waals surface area contributed by atoms with Gasteiger partial charge < -0.3 is 25.7 Å². The SMILES string of the molecule is CCC(OC(=O)C1=CCS[C@@H]2C(NC(=O)/C(=N\OC)c3csc(N)n3)C(=O)N12)C(=O)O. The number of carboxylic acid groups (broad SMARTS) is 1. The van der Waals surface area contributed by atoms with Crippen LogP contribution >= 0.6 is 23.1 Å². The van der Waals surface area contributed by atoms with E-state index in [0.29, 0.717) is 5.75 Å². The lowest BCUT2D eigenvalue weighted by Gasteiger charge is -2.48. The molecule has 1 saturated heterocycles. The van der Waals surface area contributed by atoms with Gasteiger partial charge in [0.25, 0.3) is 11.8 Å². The lowest BCUT2D eigenvalue weighted by molar-refractivity contribution is -0.164. The van der Waals surface area contributed by atoms with Crippen molar-refractivity contribution in [3.05, 3.63) is 22.8 Å². The average molecular weight is 470 g/mol. The number of hydrogen-bond acceptors (Lipinski definition) is 11. The van der Waals surface area contributed by atoms with E-state index in [-0.39, 0.29) is 28.7 Å². The van der Waals surface area contributed by atoms with Crippen LogP contribution in [-0.2, 0) is 28.8 Å². The minimum atomic E-state index is -1.31. The maximum atomic E-state index is 12.7. The van der Waals surface area contributed by atoms with Crippen molar-refractivity contribution in [2.24, 2.45) is 5.16 Å². The van der Waals surface area contributed by atoms with Gasteiger partial charge >= 0.3 is 11.9 Å². The number of hydrogen-bond donors (Lipinski definition) is 3. The molecule has 12 nitrogen and oxygen atoms in total. The number of esters is 1. The number of nitrogen functional groups attached to an aromatic ring is 1. The van der Waals surface area contributed by atoms with Gasteiger partial charge in [0.2, 0.25) is 0 Å². The first kappa shape index (κ1) is 22.6. The first-order valence-electron chi connectivity index (χ1n) is 9.00. The standard InChI is InChI=1S/C17H19N5O7S2/c1-3-9(15(25)26)29-16(27)8-4-5-30-14-11(13(24)22(8)14)20-12(23)10(21-28-2)7-6-31-17(18)19-7/h4,6,9,11,14H,3,5H2,1-2H3,(H2,18,19)(H,20,23)(H,25,26)/b21-10-/t9?,11?,14-/m1/s1. The van der Waals surface area contributed by atoms with Crippen LogP contribution in [0.25, 0.3) is 0 Å². The number of thioether (sulfide) groups is 1. The maximum Gasteiger partial charge on any atom is 0.355 e. The molecule has 2 aliphatic heterocycles. The number of aromatic nitrogens is 1. The lowest BCUT2D eigenvalue weighted by atomic mass is 10.0. The second kappa shape index (κ2) is 9.34. The van der Waals surface area contributed by atoms with Crippen LogP contribution < -0.4 is 11.1 Å². The van der Waals surface area contributed by atoms with Crippen molar-refractivity contribution in [1.29, 1.82) is 0 Å².